The highest BCUT2D eigenvalue weighted by molar-refractivity contribution is 5.73. The van der Waals surface area contributed by atoms with Crippen molar-refractivity contribution in [3.05, 3.63) is 33.0 Å². The number of nitrogens with zero attached hydrogens (tertiary/aromatic N) is 3. The number of halogens is 2. The molecule has 1 heterocycles. The highest BCUT2D eigenvalue weighted by atomic mass is 19.3. The normalized spacial score (nSPS) is 10.2. The van der Waals surface area contributed by atoms with Gasteiger partial charge in [-0.3, -0.25) is 4.79 Å². The van der Waals surface area contributed by atoms with Crippen molar-refractivity contribution >= 4 is 11.8 Å². The lowest BCUT2D eigenvalue weighted by atomic mass is 10.1. The molecule has 0 spiro atoms. The molecule has 0 atom stereocenters. The van der Waals surface area contributed by atoms with Crippen molar-refractivity contribution in [1.29, 1.82) is 5.26 Å². The number of ether oxygens (including phenoxy) is 1. The lowest BCUT2D eigenvalue weighted by molar-refractivity contribution is -0.391. The summed E-state index contributed by atoms with van der Waals surface area (Å²) in [5.41, 5.74) is -1.54. The van der Waals surface area contributed by atoms with Gasteiger partial charge < -0.3 is 14.9 Å². The van der Waals surface area contributed by atoms with Crippen LogP contribution in [0, 0.1) is 21.4 Å². The van der Waals surface area contributed by atoms with Crippen molar-refractivity contribution < 1.29 is 23.2 Å². The summed E-state index contributed by atoms with van der Waals surface area (Å²) in [5.74, 6) is -1.83. The van der Waals surface area contributed by atoms with Gasteiger partial charge in [-0.1, -0.05) is 0 Å². The third-order valence-electron chi connectivity index (χ3n) is 2.26. The Morgan fingerprint density at radius 2 is 2.30 bits per heavy atom. The van der Waals surface area contributed by atoms with E-state index in [4.69, 9.17) is 5.26 Å². The lowest BCUT2D eigenvalue weighted by Gasteiger charge is -2.05. The van der Waals surface area contributed by atoms with E-state index in [0.29, 0.717) is 6.07 Å². The van der Waals surface area contributed by atoms with Gasteiger partial charge in [0, 0.05) is 0 Å². The third-order valence-corrected chi connectivity index (χ3v) is 2.26. The van der Waals surface area contributed by atoms with Gasteiger partial charge in [0.25, 0.3) is 6.43 Å². The van der Waals surface area contributed by atoms with E-state index in [9.17, 15) is 23.7 Å². The van der Waals surface area contributed by atoms with Crippen LogP contribution in [0.2, 0.25) is 0 Å². The molecule has 0 N–H and O–H groups in total. The van der Waals surface area contributed by atoms with Gasteiger partial charge in [0.2, 0.25) is 0 Å². The highest BCUT2D eigenvalue weighted by Gasteiger charge is 2.28. The Hall–Kier alpha value is -2.63. The van der Waals surface area contributed by atoms with Crippen LogP contribution in [0.15, 0.2) is 6.07 Å². The van der Waals surface area contributed by atoms with Crippen molar-refractivity contribution in [2.24, 2.45) is 0 Å². The van der Waals surface area contributed by atoms with E-state index in [-0.39, 0.29) is 17.9 Å². The van der Waals surface area contributed by atoms with Crippen molar-refractivity contribution in [2.75, 3.05) is 6.61 Å². The molecule has 0 bridgehead atoms. The smallest absolute Gasteiger partial charge is 0.372 e. The summed E-state index contributed by atoms with van der Waals surface area (Å²) in [5, 5.41) is 19.5. The van der Waals surface area contributed by atoms with E-state index < -0.39 is 35.1 Å². The molecular formula is C11H9F2N3O4. The molecule has 0 radical (unpaired) electrons. The quantitative estimate of drug-likeness (QED) is 0.464. The lowest BCUT2D eigenvalue weighted by Crippen LogP contribution is -2.12. The number of hydrogen-bond acceptors (Lipinski definition) is 6. The number of pyridine rings is 1. The van der Waals surface area contributed by atoms with Crippen LogP contribution in [-0.2, 0) is 16.0 Å². The first kappa shape index (κ1) is 15.4. The second-order valence-corrected chi connectivity index (χ2v) is 3.55. The van der Waals surface area contributed by atoms with Crippen molar-refractivity contribution in [3.8, 4) is 6.07 Å². The maximum absolute atomic E-state index is 12.7. The van der Waals surface area contributed by atoms with Crippen LogP contribution >= 0.6 is 0 Å². The summed E-state index contributed by atoms with van der Waals surface area (Å²) < 4.78 is 30.0. The van der Waals surface area contributed by atoms with Gasteiger partial charge in [0.05, 0.1) is 6.61 Å². The zero-order valence-electron chi connectivity index (χ0n) is 10.3. The first-order valence-corrected chi connectivity index (χ1v) is 5.42. The second kappa shape index (κ2) is 6.51. The van der Waals surface area contributed by atoms with Crippen LogP contribution in [0.4, 0.5) is 14.6 Å². The standard InChI is InChI=1S/C11H9F2N3O4/c1-2-20-9(17)4-8-6(5-14)3-7(10(12)13)11(15-8)16(18)19/h3,10H,2,4H2,1H3. The first-order valence-electron chi connectivity index (χ1n) is 5.42. The summed E-state index contributed by atoms with van der Waals surface area (Å²) in [6.45, 7) is 1.64. The molecule has 9 heteroatoms. The Kier molecular flexibility index (Phi) is 5.02. The monoisotopic (exact) mass is 285 g/mol. The Bertz CT molecular complexity index is 584. The van der Waals surface area contributed by atoms with Crippen molar-refractivity contribution in [3.63, 3.8) is 0 Å². The van der Waals surface area contributed by atoms with Gasteiger partial charge in [-0.25, -0.2) is 8.78 Å². The molecule has 0 aromatic carbocycles. The van der Waals surface area contributed by atoms with Gasteiger partial charge in [0.1, 0.15) is 23.6 Å². The van der Waals surface area contributed by atoms with Crippen LogP contribution in [0.3, 0.4) is 0 Å². The van der Waals surface area contributed by atoms with Crippen LogP contribution in [0.5, 0.6) is 0 Å². The number of nitriles is 1. The maximum Gasteiger partial charge on any atom is 0.372 e. The minimum atomic E-state index is -3.15. The first-order chi connectivity index (χ1) is 9.40. The fourth-order valence-corrected chi connectivity index (χ4v) is 1.44. The van der Waals surface area contributed by atoms with Crippen LogP contribution in [0.1, 0.15) is 30.2 Å². The third kappa shape index (κ3) is 3.44. The molecule has 0 saturated carbocycles. The molecular weight excluding hydrogens is 276 g/mol. The molecule has 0 aliphatic carbocycles. The number of carbonyl (C=O) groups is 1. The zero-order chi connectivity index (χ0) is 15.3. The summed E-state index contributed by atoms with van der Waals surface area (Å²) >= 11 is 0. The number of nitro groups is 1. The molecule has 0 saturated heterocycles. The summed E-state index contributed by atoms with van der Waals surface area (Å²) in [4.78, 5) is 24.3. The minimum absolute atomic E-state index is 0.0813. The van der Waals surface area contributed by atoms with E-state index in [0.717, 1.165) is 0 Å². The molecule has 0 aliphatic heterocycles. The van der Waals surface area contributed by atoms with Gasteiger partial charge in [-0.15, -0.1) is 0 Å². The van der Waals surface area contributed by atoms with Crippen LogP contribution < -0.4 is 0 Å². The van der Waals surface area contributed by atoms with Crippen LogP contribution in [-0.4, -0.2) is 22.5 Å². The van der Waals surface area contributed by atoms with E-state index >= 15 is 0 Å². The molecule has 0 fully saturated rings. The van der Waals surface area contributed by atoms with Crippen LogP contribution in [0.25, 0.3) is 0 Å². The molecule has 1 aromatic rings. The van der Waals surface area contributed by atoms with E-state index in [1.54, 1.807) is 13.0 Å². The van der Waals surface area contributed by atoms with E-state index in [2.05, 4.69) is 9.72 Å². The van der Waals surface area contributed by atoms with Crippen molar-refractivity contribution in [2.45, 2.75) is 19.8 Å². The topological polar surface area (TPSA) is 106 Å². The average molecular weight is 285 g/mol. The number of carbonyl (C=O) groups excluding carboxylic acids is 1. The Labute approximate surface area is 111 Å². The Balaban J connectivity index is 3.31. The largest absolute Gasteiger partial charge is 0.466 e. The number of rotatable bonds is 5. The second-order valence-electron chi connectivity index (χ2n) is 3.55. The molecule has 20 heavy (non-hydrogen) atoms. The molecule has 7 nitrogen and oxygen atoms in total. The Morgan fingerprint density at radius 3 is 2.75 bits per heavy atom. The highest BCUT2D eigenvalue weighted by Crippen LogP contribution is 2.29. The van der Waals surface area contributed by atoms with Gasteiger partial charge in [-0.05, 0) is 22.9 Å². The van der Waals surface area contributed by atoms with Gasteiger partial charge >= 0.3 is 11.8 Å². The SMILES string of the molecule is CCOC(=O)Cc1nc([N+](=O)[O-])c(C(F)F)cc1C#N. The number of hydrogen-bond donors (Lipinski definition) is 0. The summed E-state index contributed by atoms with van der Waals surface area (Å²) in [7, 11) is 0. The number of esters is 1. The number of alkyl halides is 2. The molecule has 1 aromatic heterocycles. The molecule has 106 valence electrons. The number of aromatic nitrogens is 1. The van der Waals surface area contributed by atoms with E-state index in [1.165, 1.54) is 0 Å². The average Bonchev–Trinajstić information content (AvgIpc) is 2.38. The summed E-state index contributed by atoms with van der Waals surface area (Å²) in [6, 6.07) is 2.25. The molecule has 0 amide bonds. The van der Waals surface area contributed by atoms with E-state index in [1.807, 2.05) is 0 Å². The molecule has 1 rings (SSSR count). The predicted octanol–water partition coefficient (Wildman–Crippen LogP) is 1.90. The van der Waals surface area contributed by atoms with Gasteiger partial charge in [-0.2, -0.15) is 5.26 Å². The molecule has 0 aliphatic rings. The van der Waals surface area contributed by atoms with Crippen molar-refractivity contribution in [1.82, 2.24) is 4.98 Å². The van der Waals surface area contributed by atoms with Gasteiger partial charge in [0.15, 0.2) is 5.69 Å². The Morgan fingerprint density at radius 1 is 1.65 bits per heavy atom. The molecule has 0 unspecified atom stereocenters. The predicted molar refractivity (Wildman–Crippen MR) is 60.9 cm³/mol. The summed E-state index contributed by atoms with van der Waals surface area (Å²) in [6.07, 6.45) is -3.65. The maximum atomic E-state index is 12.7. The zero-order valence-corrected chi connectivity index (χ0v) is 10.3. The minimum Gasteiger partial charge on any atom is -0.466 e. The fraction of sp³-hybridized carbons (Fsp3) is 0.364. The fourth-order valence-electron chi connectivity index (χ4n) is 1.44.